The molecule has 0 aromatic carbocycles. The van der Waals surface area contributed by atoms with Gasteiger partial charge in [0.1, 0.15) is 0 Å². The maximum absolute atomic E-state index is 12.7. The quantitative estimate of drug-likeness (QED) is 0.180. The maximum Gasteiger partial charge on any atom is 0.317 e. The van der Waals surface area contributed by atoms with Crippen molar-refractivity contribution < 1.29 is 34.5 Å². The normalized spacial score (nSPS) is 19.7. The molecule has 306 valence electrons. The standard InChI is InChI=1S/C38H67N9O7/c1-41-12-7-13-43(3)19-20-44(16-8-14-42(2)18-17-41)15-5-4-10-35(48)39-11-6-9-32-25-33-27-46(30-37(51)52)23-21-45(29-36(49)50)22-24-47(31-38(53)54)28-34(26-32)40-33/h25-26H,4-24,27-31H2,1-3H3,(H,39,48)(H,49,50)(H,51,52)(H,53,54). The van der Waals surface area contributed by atoms with Gasteiger partial charge in [0.2, 0.25) is 5.91 Å². The van der Waals surface area contributed by atoms with Crippen LogP contribution < -0.4 is 5.32 Å². The van der Waals surface area contributed by atoms with Gasteiger partial charge in [-0.1, -0.05) is 0 Å². The van der Waals surface area contributed by atoms with Crippen molar-refractivity contribution in [3.63, 3.8) is 0 Å². The molecule has 2 aliphatic heterocycles. The summed E-state index contributed by atoms with van der Waals surface area (Å²) in [5.74, 6) is -2.92. The summed E-state index contributed by atoms with van der Waals surface area (Å²) in [5, 5.41) is 31.6. The number of nitrogens with zero attached hydrogens (tertiary/aromatic N) is 8. The van der Waals surface area contributed by atoms with E-state index in [4.69, 9.17) is 4.98 Å². The van der Waals surface area contributed by atoms with E-state index in [0.717, 1.165) is 83.7 Å². The van der Waals surface area contributed by atoms with Crippen LogP contribution in [0.2, 0.25) is 0 Å². The number of amides is 1. The van der Waals surface area contributed by atoms with Crippen molar-refractivity contribution in [2.45, 2.75) is 58.0 Å². The fraction of sp³-hybridized carbons (Fsp3) is 0.763. The number of nitrogens with one attached hydrogen (secondary N) is 1. The average molecular weight is 762 g/mol. The molecular weight excluding hydrogens is 694 g/mol. The van der Waals surface area contributed by atoms with Crippen molar-refractivity contribution in [1.29, 1.82) is 0 Å². The molecule has 1 aromatic heterocycles. The van der Waals surface area contributed by atoms with Gasteiger partial charge in [-0.05, 0) is 110 Å². The number of rotatable bonds is 15. The number of likely N-dealkylation sites (N-methyl/N-ethyl adjacent to an activating group) is 3. The second-order valence-electron chi connectivity index (χ2n) is 15.2. The maximum atomic E-state index is 12.7. The van der Waals surface area contributed by atoms with E-state index in [1.807, 2.05) is 12.1 Å². The molecule has 4 N–H and O–H groups in total. The van der Waals surface area contributed by atoms with E-state index in [-0.39, 0.29) is 38.6 Å². The van der Waals surface area contributed by atoms with Crippen LogP contribution in [0.4, 0.5) is 0 Å². The molecule has 54 heavy (non-hydrogen) atoms. The molecule has 16 heteroatoms. The molecule has 0 aliphatic carbocycles. The zero-order valence-corrected chi connectivity index (χ0v) is 33.1. The lowest BCUT2D eigenvalue weighted by Gasteiger charge is -2.29. The van der Waals surface area contributed by atoms with Crippen molar-refractivity contribution in [2.75, 3.05) is 132 Å². The summed E-state index contributed by atoms with van der Waals surface area (Å²) < 4.78 is 0. The molecule has 1 amide bonds. The lowest BCUT2D eigenvalue weighted by Crippen LogP contribution is -2.44. The van der Waals surface area contributed by atoms with Gasteiger partial charge < -0.3 is 40.2 Å². The summed E-state index contributed by atoms with van der Waals surface area (Å²) in [5.41, 5.74) is 2.33. The van der Waals surface area contributed by atoms with Crippen molar-refractivity contribution in [3.8, 4) is 0 Å². The van der Waals surface area contributed by atoms with Gasteiger partial charge in [0.15, 0.2) is 0 Å². The largest absolute Gasteiger partial charge is 0.480 e. The van der Waals surface area contributed by atoms with Crippen LogP contribution in [0.3, 0.4) is 0 Å². The van der Waals surface area contributed by atoms with Crippen molar-refractivity contribution >= 4 is 23.8 Å². The molecule has 3 rings (SSSR count). The lowest BCUT2D eigenvalue weighted by molar-refractivity contribution is -0.140. The zero-order valence-electron chi connectivity index (χ0n) is 33.1. The molecule has 2 bridgehead atoms. The second-order valence-corrected chi connectivity index (χ2v) is 15.2. The predicted octanol–water partition coefficient (Wildman–Crippen LogP) is 0.365. The number of fused-ring (bicyclic) bond motifs is 2. The Hall–Kier alpha value is -3.25. The number of carboxylic acids is 3. The number of aryl methyl sites for hydroxylation is 1. The van der Waals surface area contributed by atoms with Gasteiger partial charge in [-0.25, -0.2) is 0 Å². The molecule has 0 unspecified atom stereocenters. The topological polar surface area (TPSA) is 177 Å². The van der Waals surface area contributed by atoms with E-state index >= 15 is 0 Å². The van der Waals surface area contributed by atoms with Gasteiger partial charge in [0.05, 0.1) is 31.0 Å². The zero-order chi connectivity index (χ0) is 39.3. The van der Waals surface area contributed by atoms with Gasteiger partial charge in [0, 0.05) is 78.4 Å². The van der Waals surface area contributed by atoms with E-state index in [9.17, 15) is 34.5 Å². The molecular formula is C38H67N9O7. The Morgan fingerprint density at radius 2 is 1.06 bits per heavy atom. The summed E-state index contributed by atoms with van der Waals surface area (Å²) in [6.45, 7) is 11.3. The first kappa shape index (κ1) is 45.1. The molecule has 2 aliphatic rings. The highest BCUT2D eigenvalue weighted by Gasteiger charge is 2.20. The van der Waals surface area contributed by atoms with Crippen molar-refractivity contribution in [3.05, 3.63) is 29.1 Å². The number of aromatic nitrogens is 1. The molecule has 1 fully saturated rings. The fourth-order valence-electron chi connectivity index (χ4n) is 7.05. The van der Waals surface area contributed by atoms with Gasteiger partial charge >= 0.3 is 17.9 Å². The minimum Gasteiger partial charge on any atom is -0.480 e. The van der Waals surface area contributed by atoms with Gasteiger partial charge in [0.25, 0.3) is 0 Å². The lowest BCUT2D eigenvalue weighted by atomic mass is 10.1. The second kappa shape index (κ2) is 25.0. The van der Waals surface area contributed by atoms with Crippen LogP contribution in [0.25, 0.3) is 0 Å². The summed E-state index contributed by atoms with van der Waals surface area (Å²) in [6, 6.07) is 3.88. The Bertz CT molecular complexity index is 1260. The van der Waals surface area contributed by atoms with Gasteiger partial charge in [-0.15, -0.1) is 0 Å². The van der Waals surface area contributed by atoms with E-state index in [1.165, 1.54) is 6.42 Å². The number of aliphatic carboxylic acids is 3. The van der Waals surface area contributed by atoms with Crippen LogP contribution >= 0.6 is 0 Å². The van der Waals surface area contributed by atoms with Crippen LogP contribution in [0.15, 0.2) is 12.1 Å². The minimum absolute atomic E-state index is 0.0541. The monoisotopic (exact) mass is 762 g/mol. The third-order valence-corrected chi connectivity index (χ3v) is 10.2. The minimum atomic E-state index is -1.000. The van der Waals surface area contributed by atoms with Gasteiger partial charge in [-0.2, -0.15) is 0 Å². The highest BCUT2D eigenvalue weighted by Crippen LogP contribution is 2.15. The highest BCUT2D eigenvalue weighted by atomic mass is 16.4. The first-order valence-electron chi connectivity index (χ1n) is 19.7. The summed E-state index contributed by atoms with van der Waals surface area (Å²) in [6.07, 6.45) is 6.01. The van der Waals surface area contributed by atoms with Crippen molar-refractivity contribution in [2.24, 2.45) is 0 Å². The summed E-state index contributed by atoms with van der Waals surface area (Å²) in [4.78, 5) is 67.3. The smallest absolute Gasteiger partial charge is 0.317 e. The number of carboxylic acid groups (broad SMARTS) is 3. The third-order valence-electron chi connectivity index (χ3n) is 10.2. The predicted molar refractivity (Wildman–Crippen MR) is 207 cm³/mol. The van der Waals surface area contributed by atoms with Crippen LogP contribution in [-0.4, -0.2) is 211 Å². The number of unbranched alkanes of at least 4 members (excludes halogenated alkanes) is 1. The SMILES string of the molecule is CN1CCCN(C)CCN(CCCCC(=O)NCCCc2cc3nc(c2)CN(CC(=O)O)CCN(CC(=O)O)CCN(CC(=O)O)C3)CCCN(C)CC1. The first-order valence-corrected chi connectivity index (χ1v) is 19.7. The Kier molecular flexibility index (Phi) is 20.9. The van der Waals surface area contributed by atoms with E-state index < -0.39 is 17.9 Å². The van der Waals surface area contributed by atoms with E-state index in [1.54, 1.807) is 14.7 Å². The van der Waals surface area contributed by atoms with Crippen LogP contribution in [0, 0.1) is 0 Å². The highest BCUT2D eigenvalue weighted by molar-refractivity contribution is 5.75. The first-order chi connectivity index (χ1) is 25.8. The molecule has 1 saturated heterocycles. The Morgan fingerprint density at radius 1 is 0.593 bits per heavy atom. The van der Waals surface area contributed by atoms with E-state index in [2.05, 4.69) is 46.1 Å². The third kappa shape index (κ3) is 19.9. The Morgan fingerprint density at radius 3 is 1.59 bits per heavy atom. The van der Waals surface area contributed by atoms with Crippen molar-refractivity contribution in [1.82, 2.24) is 44.6 Å². The molecule has 0 radical (unpaired) electrons. The number of carbonyl (C=O) groups is 4. The molecule has 3 heterocycles. The Balaban J connectivity index is 1.50. The molecule has 1 aromatic rings. The molecule has 16 nitrogen and oxygen atoms in total. The van der Waals surface area contributed by atoms with E-state index in [0.29, 0.717) is 63.4 Å². The van der Waals surface area contributed by atoms with Crippen LogP contribution in [-0.2, 0) is 38.7 Å². The molecule has 0 atom stereocenters. The fourth-order valence-corrected chi connectivity index (χ4v) is 7.05. The number of hydrogen-bond acceptors (Lipinski definition) is 12. The Labute approximate surface area is 322 Å². The molecule has 0 saturated carbocycles. The molecule has 0 spiro atoms. The average Bonchev–Trinajstić information content (AvgIpc) is 3.09. The van der Waals surface area contributed by atoms with Gasteiger partial charge in [-0.3, -0.25) is 38.9 Å². The number of hydrogen-bond donors (Lipinski definition) is 4. The summed E-state index contributed by atoms with van der Waals surface area (Å²) in [7, 11) is 6.64. The van der Waals surface area contributed by atoms with Crippen LogP contribution in [0.1, 0.15) is 55.5 Å². The van der Waals surface area contributed by atoms with Crippen LogP contribution in [0.5, 0.6) is 0 Å². The number of pyridine rings is 1. The summed E-state index contributed by atoms with van der Waals surface area (Å²) >= 11 is 0. The number of carbonyl (C=O) groups excluding carboxylic acids is 1.